The Morgan fingerprint density at radius 2 is 2.00 bits per heavy atom. The van der Waals surface area contributed by atoms with Crippen molar-refractivity contribution in [2.45, 2.75) is 32.2 Å². The lowest BCUT2D eigenvalue weighted by atomic mass is 9.93. The summed E-state index contributed by atoms with van der Waals surface area (Å²) in [5.41, 5.74) is 6.38. The fraction of sp³-hybridized carbons (Fsp3) is 0.350. The van der Waals surface area contributed by atoms with Gasteiger partial charge in [-0.15, -0.1) is 4.40 Å². The molecule has 1 aromatic carbocycles. The fourth-order valence-electron chi connectivity index (χ4n) is 3.24. The number of fused-ring (bicyclic) bond motifs is 1. The Hall–Kier alpha value is -3.34. The quantitative estimate of drug-likeness (QED) is 0.484. The van der Waals surface area contributed by atoms with E-state index in [9.17, 15) is 13.2 Å². The minimum absolute atomic E-state index is 0.150. The van der Waals surface area contributed by atoms with Crippen LogP contribution in [0, 0.1) is 0 Å². The number of amidine groups is 1. The highest BCUT2D eigenvalue weighted by Crippen LogP contribution is 2.31. The van der Waals surface area contributed by atoms with Crippen LogP contribution in [0.1, 0.15) is 42.6 Å². The van der Waals surface area contributed by atoms with E-state index in [4.69, 9.17) is 10.5 Å². The number of pyridine rings is 1. The maximum absolute atomic E-state index is 12.9. The zero-order chi connectivity index (χ0) is 22.6. The third-order valence-corrected chi connectivity index (χ3v) is 6.17. The summed E-state index contributed by atoms with van der Waals surface area (Å²) in [6.07, 6.45) is 2.80. The van der Waals surface area contributed by atoms with Gasteiger partial charge in [0.15, 0.2) is 5.84 Å². The molecule has 5 N–H and O–H groups in total. The minimum Gasteiger partial charge on any atom is -0.490 e. The van der Waals surface area contributed by atoms with Gasteiger partial charge in [-0.05, 0) is 37.1 Å². The Morgan fingerprint density at radius 3 is 2.68 bits per heavy atom. The molecule has 0 saturated carbocycles. The van der Waals surface area contributed by atoms with Crippen LogP contribution >= 0.6 is 0 Å². The lowest BCUT2D eigenvalue weighted by Gasteiger charge is -2.33. The number of aromatic nitrogens is 1. The predicted octanol–water partition coefficient (Wildman–Crippen LogP) is 1.87. The number of amides is 1. The van der Waals surface area contributed by atoms with Gasteiger partial charge in [0, 0.05) is 18.8 Å². The van der Waals surface area contributed by atoms with Crippen molar-refractivity contribution >= 4 is 33.5 Å². The minimum atomic E-state index is -3.88. The summed E-state index contributed by atoms with van der Waals surface area (Å²) in [4.78, 5) is 17.0. The molecular formula is C20H26N6O4S. The normalized spacial score (nSPS) is 14.6. The Bertz CT molecular complexity index is 1110. The predicted molar refractivity (Wildman–Crippen MR) is 120 cm³/mol. The summed E-state index contributed by atoms with van der Waals surface area (Å²) in [5, 5.41) is 5.99. The first-order valence-corrected chi connectivity index (χ1v) is 11.3. The van der Waals surface area contributed by atoms with E-state index >= 15 is 0 Å². The molecule has 166 valence electrons. The van der Waals surface area contributed by atoms with Crippen molar-refractivity contribution in [2.75, 3.05) is 23.7 Å². The third-order valence-electron chi connectivity index (χ3n) is 5.25. The molecule has 2 aromatic rings. The molecule has 0 radical (unpaired) electrons. The smallest absolute Gasteiger partial charge is 0.344 e. The van der Waals surface area contributed by atoms with Crippen molar-refractivity contribution < 1.29 is 17.9 Å². The highest BCUT2D eigenvalue weighted by atomic mass is 32.2. The second kappa shape index (κ2) is 8.80. The third kappa shape index (κ3) is 4.88. The number of carbonyl (C=O) groups is 1. The van der Waals surface area contributed by atoms with Crippen molar-refractivity contribution in [3.05, 3.63) is 47.7 Å². The monoisotopic (exact) mass is 446 g/mol. The Balaban J connectivity index is 1.82. The summed E-state index contributed by atoms with van der Waals surface area (Å²) in [6, 6.07) is 8.23. The molecule has 1 aromatic heterocycles. The number of rotatable bonds is 8. The molecule has 0 spiro atoms. The van der Waals surface area contributed by atoms with Crippen LogP contribution in [-0.4, -0.2) is 44.3 Å². The van der Waals surface area contributed by atoms with E-state index in [1.165, 1.54) is 0 Å². The van der Waals surface area contributed by atoms with E-state index in [0.29, 0.717) is 41.2 Å². The van der Waals surface area contributed by atoms with Crippen LogP contribution in [0.25, 0.3) is 0 Å². The number of carbonyl (C=O) groups excluding carboxylic acids is 1. The topological polar surface area (TPSA) is 148 Å². The number of anilines is 2. The number of benzene rings is 1. The maximum Gasteiger partial charge on any atom is 0.344 e. The standard InChI is InChI=1S/C20H26N6O4S/c1-4-20(5-2,24-19(27)13-9-10-23-16(11-13)22-3)12-30-15-8-6-7-14-17(15)18(21)26-31(28,29)25-14/h6-11,25H,4-5,12H2,1-3H3,(H2,21,26)(H,22,23)(H,24,27). The van der Waals surface area contributed by atoms with Crippen LogP contribution in [0.4, 0.5) is 11.5 Å². The van der Waals surface area contributed by atoms with Gasteiger partial charge in [-0.3, -0.25) is 9.52 Å². The fourth-order valence-corrected chi connectivity index (χ4v) is 4.09. The average molecular weight is 447 g/mol. The molecule has 1 aliphatic heterocycles. The molecular weight excluding hydrogens is 420 g/mol. The van der Waals surface area contributed by atoms with Crippen LogP contribution in [0.2, 0.25) is 0 Å². The Morgan fingerprint density at radius 1 is 1.26 bits per heavy atom. The average Bonchev–Trinajstić information content (AvgIpc) is 2.75. The summed E-state index contributed by atoms with van der Waals surface area (Å²) in [7, 11) is -2.14. The summed E-state index contributed by atoms with van der Waals surface area (Å²) >= 11 is 0. The number of nitrogens with zero attached hydrogens (tertiary/aromatic N) is 2. The SMILES string of the molecule is CCC(CC)(COc1cccc2c1C(N)=NS(=O)(=O)N2)NC(=O)c1ccnc(NC)c1. The molecule has 0 bridgehead atoms. The number of hydrogen-bond donors (Lipinski definition) is 4. The van der Waals surface area contributed by atoms with Crippen molar-refractivity contribution in [1.82, 2.24) is 10.3 Å². The zero-order valence-electron chi connectivity index (χ0n) is 17.6. The van der Waals surface area contributed by atoms with Gasteiger partial charge >= 0.3 is 10.2 Å². The molecule has 31 heavy (non-hydrogen) atoms. The molecule has 1 aliphatic rings. The summed E-state index contributed by atoms with van der Waals surface area (Å²) in [5.74, 6) is 0.581. The van der Waals surface area contributed by atoms with Gasteiger partial charge in [0.2, 0.25) is 0 Å². The van der Waals surface area contributed by atoms with Crippen molar-refractivity contribution in [3.8, 4) is 5.75 Å². The van der Waals surface area contributed by atoms with E-state index in [2.05, 4.69) is 24.7 Å². The van der Waals surface area contributed by atoms with Crippen molar-refractivity contribution in [2.24, 2.45) is 10.1 Å². The number of nitrogens with one attached hydrogen (secondary N) is 3. The Labute approximate surface area is 181 Å². The van der Waals surface area contributed by atoms with Crippen LogP contribution in [0.3, 0.4) is 0 Å². The molecule has 2 heterocycles. The number of hydrogen-bond acceptors (Lipinski definition) is 7. The lowest BCUT2D eigenvalue weighted by Crippen LogP contribution is -2.52. The van der Waals surface area contributed by atoms with Gasteiger partial charge in [-0.1, -0.05) is 19.9 Å². The first-order valence-electron chi connectivity index (χ1n) is 9.83. The summed E-state index contributed by atoms with van der Waals surface area (Å²) < 4.78 is 35.4. The van der Waals surface area contributed by atoms with E-state index < -0.39 is 15.7 Å². The molecule has 10 nitrogen and oxygen atoms in total. The highest BCUT2D eigenvalue weighted by Gasteiger charge is 2.31. The summed E-state index contributed by atoms with van der Waals surface area (Å²) in [6.45, 7) is 4.08. The highest BCUT2D eigenvalue weighted by molar-refractivity contribution is 7.91. The molecule has 0 saturated heterocycles. The molecule has 0 fully saturated rings. The van der Waals surface area contributed by atoms with E-state index in [0.717, 1.165) is 0 Å². The first kappa shape index (κ1) is 22.3. The second-order valence-electron chi connectivity index (χ2n) is 7.14. The van der Waals surface area contributed by atoms with Crippen LogP contribution in [0.5, 0.6) is 5.75 Å². The molecule has 1 amide bonds. The molecule has 0 unspecified atom stereocenters. The number of ether oxygens (including phenoxy) is 1. The largest absolute Gasteiger partial charge is 0.490 e. The van der Waals surface area contributed by atoms with Gasteiger partial charge in [0.25, 0.3) is 5.91 Å². The van der Waals surface area contributed by atoms with Gasteiger partial charge in [0.1, 0.15) is 18.2 Å². The lowest BCUT2D eigenvalue weighted by molar-refractivity contribution is 0.0837. The van der Waals surface area contributed by atoms with Crippen molar-refractivity contribution in [1.29, 1.82) is 0 Å². The maximum atomic E-state index is 12.9. The molecule has 0 aliphatic carbocycles. The van der Waals surface area contributed by atoms with E-state index in [-0.39, 0.29) is 18.3 Å². The first-order chi connectivity index (χ1) is 14.7. The second-order valence-corrected chi connectivity index (χ2v) is 8.48. The van der Waals surface area contributed by atoms with E-state index in [1.54, 1.807) is 43.6 Å². The van der Waals surface area contributed by atoms with Gasteiger partial charge in [-0.2, -0.15) is 8.42 Å². The van der Waals surface area contributed by atoms with Gasteiger partial charge in [-0.25, -0.2) is 4.98 Å². The van der Waals surface area contributed by atoms with Gasteiger partial charge in [0.05, 0.1) is 16.8 Å². The number of nitrogens with two attached hydrogens (primary N) is 1. The zero-order valence-corrected chi connectivity index (χ0v) is 18.4. The molecule has 0 atom stereocenters. The molecule has 11 heteroatoms. The van der Waals surface area contributed by atoms with Crippen LogP contribution in [-0.2, 0) is 10.2 Å². The molecule has 3 rings (SSSR count). The van der Waals surface area contributed by atoms with Crippen LogP contribution in [0.15, 0.2) is 40.9 Å². The Kier molecular flexibility index (Phi) is 6.34. The van der Waals surface area contributed by atoms with Gasteiger partial charge < -0.3 is 21.1 Å². The van der Waals surface area contributed by atoms with E-state index in [1.807, 2.05) is 13.8 Å². The van der Waals surface area contributed by atoms with Crippen molar-refractivity contribution in [3.63, 3.8) is 0 Å². The van der Waals surface area contributed by atoms with Crippen LogP contribution < -0.4 is 25.8 Å².